The van der Waals surface area contributed by atoms with E-state index in [1.165, 1.54) is 18.5 Å². The molecule has 1 fully saturated rings. The van der Waals surface area contributed by atoms with E-state index in [9.17, 15) is 14.9 Å². The first-order chi connectivity index (χ1) is 13.5. The predicted octanol–water partition coefficient (Wildman–Crippen LogP) is 3.44. The Kier molecular flexibility index (Phi) is 4.68. The molecule has 0 bridgehead atoms. The third-order valence-electron chi connectivity index (χ3n) is 5.24. The SMILES string of the molecule is Cc1occc1C(=O)NC1CCN(c2ccc([N+](=O)[O-])c3cnccc23)CC1. The molecule has 1 aliphatic rings. The van der Waals surface area contributed by atoms with Crippen molar-refractivity contribution < 1.29 is 14.1 Å². The van der Waals surface area contributed by atoms with Crippen LogP contribution in [0, 0.1) is 17.0 Å². The molecule has 3 heterocycles. The Morgan fingerprint density at radius 3 is 2.71 bits per heavy atom. The third kappa shape index (κ3) is 3.28. The maximum absolute atomic E-state index is 12.4. The van der Waals surface area contributed by atoms with Gasteiger partial charge in [-0.25, -0.2) is 0 Å². The van der Waals surface area contributed by atoms with Crippen molar-refractivity contribution in [2.45, 2.75) is 25.8 Å². The third-order valence-corrected chi connectivity index (χ3v) is 5.24. The average molecular weight is 380 g/mol. The van der Waals surface area contributed by atoms with E-state index in [-0.39, 0.29) is 22.6 Å². The average Bonchev–Trinajstić information content (AvgIpc) is 3.14. The summed E-state index contributed by atoms with van der Waals surface area (Å²) in [6, 6.07) is 6.91. The first-order valence-corrected chi connectivity index (χ1v) is 9.15. The number of benzene rings is 1. The molecule has 0 atom stereocenters. The molecule has 1 aliphatic heterocycles. The first kappa shape index (κ1) is 18.0. The standard InChI is InChI=1S/C20H20N4O4/c1-13-15(7-11-28-13)20(25)22-14-5-9-23(10-6-14)18-2-3-19(24(26)27)17-12-21-8-4-16(17)18/h2-4,7-8,11-12,14H,5-6,9-10H2,1H3,(H,22,25). The van der Waals surface area contributed by atoms with E-state index in [0.29, 0.717) is 16.7 Å². The fourth-order valence-corrected chi connectivity index (χ4v) is 3.74. The van der Waals surface area contributed by atoms with E-state index in [1.54, 1.807) is 25.3 Å². The zero-order valence-electron chi connectivity index (χ0n) is 15.4. The number of aryl methyl sites for hydroxylation is 1. The maximum atomic E-state index is 12.4. The lowest BCUT2D eigenvalue weighted by Gasteiger charge is -2.34. The normalized spacial score (nSPS) is 15.0. The smallest absolute Gasteiger partial charge is 0.278 e. The minimum atomic E-state index is -0.382. The molecule has 3 aromatic rings. The monoisotopic (exact) mass is 380 g/mol. The Bertz CT molecular complexity index is 1040. The summed E-state index contributed by atoms with van der Waals surface area (Å²) in [5.41, 5.74) is 1.58. The number of rotatable bonds is 4. The molecular weight excluding hydrogens is 360 g/mol. The molecule has 28 heavy (non-hydrogen) atoms. The van der Waals surface area contributed by atoms with Crippen LogP contribution in [0.25, 0.3) is 10.8 Å². The van der Waals surface area contributed by atoms with Crippen molar-refractivity contribution in [3.05, 3.63) is 64.4 Å². The van der Waals surface area contributed by atoms with Crippen LogP contribution in [-0.2, 0) is 0 Å². The summed E-state index contributed by atoms with van der Waals surface area (Å²) in [5, 5.41) is 15.7. The van der Waals surface area contributed by atoms with Gasteiger partial charge < -0.3 is 14.6 Å². The molecule has 1 amide bonds. The van der Waals surface area contributed by atoms with Crippen molar-refractivity contribution in [1.29, 1.82) is 0 Å². The second kappa shape index (κ2) is 7.30. The van der Waals surface area contributed by atoms with E-state index in [2.05, 4.69) is 15.2 Å². The number of carbonyl (C=O) groups is 1. The van der Waals surface area contributed by atoms with Crippen molar-refractivity contribution in [2.75, 3.05) is 18.0 Å². The summed E-state index contributed by atoms with van der Waals surface area (Å²) in [6.07, 6.45) is 6.30. The molecule has 8 heteroatoms. The van der Waals surface area contributed by atoms with Gasteiger partial charge in [0.15, 0.2) is 0 Å². The Morgan fingerprint density at radius 2 is 2.04 bits per heavy atom. The fourth-order valence-electron chi connectivity index (χ4n) is 3.74. The molecule has 0 aliphatic carbocycles. The molecule has 0 saturated carbocycles. The highest BCUT2D eigenvalue weighted by Gasteiger charge is 2.24. The quantitative estimate of drug-likeness (QED) is 0.549. The van der Waals surface area contributed by atoms with Crippen LogP contribution in [0.3, 0.4) is 0 Å². The van der Waals surface area contributed by atoms with Gasteiger partial charge >= 0.3 is 0 Å². The van der Waals surface area contributed by atoms with Crippen LogP contribution in [0.4, 0.5) is 11.4 Å². The Labute approximate surface area is 161 Å². The summed E-state index contributed by atoms with van der Waals surface area (Å²) >= 11 is 0. The molecular formula is C20H20N4O4. The van der Waals surface area contributed by atoms with Crippen LogP contribution in [0.2, 0.25) is 0 Å². The van der Waals surface area contributed by atoms with Gasteiger partial charge in [-0.2, -0.15) is 0 Å². The number of nitrogens with zero attached hydrogens (tertiary/aromatic N) is 3. The van der Waals surface area contributed by atoms with Crippen molar-refractivity contribution in [2.24, 2.45) is 0 Å². The van der Waals surface area contributed by atoms with Gasteiger partial charge in [-0.3, -0.25) is 19.9 Å². The lowest BCUT2D eigenvalue weighted by atomic mass is 10.0. The van der Waals surface area contributed by atoms with E-state index in [4.69, 9.17) is 4.42 Å². The van der Waals surface area contributed by atoms with Crippen molar-refractivity contribution in [1.82, 2.24) is 10.3 Å². The zero-order valence-corrected chi connectivity index (χ0v) is 15.4. The summed E-state index contributed by atoms with van der Waals surface area (Å²) in [5.74, 6) is 0.498. The number of hydrogen-bond acceptors (Lipinski definition) is 6. The number of fused-ring (bicyclic) bond motifs is 1. The molecule has 0 spiro atoms. The number of non-ortho nitro benzene ring substituents is 1. The number of aromatic nitrogens is 1. The van der Waals surface area contributed by atoms with E-state index < -0.39 is 0 Å². The molecule has 0 radical (unpaired) electrons. The molecule has 1 N–H and O–H groups in total. The number of nitro groups is 1. The lowest BCUT2D eigenvalue weighted by molar-refractivity contribution is -0.383. The summed E-state index contributed by atoms with van der Waals surface area (Å²) in [4.78, 5) is 29.5. The Balaban J connectivity index is 1.48. The number of furan rings is 1. The molecule has 8 nitrogen and oxygen atoms in total. The van der Waals surface area contributed by atoms with Crippen LogP contribution < -0.4 is 10.2 Å². The van der Waals surface area contributed by atoms with Gasteiger partial charge in [0.1, 0.15) is 5.76 Å². The van der Waals surface area contributed by atoms with Gasteiger partial charge in [-0.15, -0.1) is 0 Å². The van der Waals surface area contributed by atoms with Crippen LogP contribution in [0.1, 0.15) is 29.0 Å². The number of hydrogen-bond donors (Lipinski definition) is 1. The van der Waals surface area contributed by atoms with Gasteiger partial charge in [-0.05, 0) is 38.0 Å². The van der Waals surface area contributed by atoms with Crippen molar-refractivity contribution in [3.63, 3.8) is 0 Å². The number of piperidine rings is 1. The molecule has 4 rings (SSSR count). The minimum absolute atomic E-state index is 0.0597. The van der Waals surface area contributed by atoms with Gasteiger partial charge in [0.05, 0.1) is 22.1 Å². The molecule has 144 valence electrons. The number of nitrogens with one attached hydrogen (secondary N) is 1. The van der Waals surface area contributed by atoms with Gasteiger partial charge in [0.25, 0.3) is 11.6 Å². The summed E-state index contributed by atoms with van der Waals surface area (Å²) in [7, 11) is 0. The van der Waals surface area contributed by atoms with E-state index in [0.717, 1.165) is 37.0 Å². The highest BCUT2D eigenvalue weighted by atomic mass is 16.6. The molecule has 1 aromatic carbocycles. The van der Waals surface area contributed by atoms with Crippen molar-refractivity contribution >= 4 is 28.1 Å². The maximum Gasteiger partial charge on any atom is 0.278 e. The van der Waals surface area contributed by atoms with Crippen LogP contribution in [0.15, 0.2) is 47.3 Å². The highest BCUT2D eigenvalue weighted by molar-refractivity contribution is 5.99. The predicted molar refractivity (Wildman–Crippen MR) is 105 cm³/mol. The summed E-state index contributed by atoms with van der Waals surface area (Å²) < 4.78 is 5.19. The summed E-state index contributed by atoms with van der Waals surface area (Å²) in [6.45, 7) is 3.28. The number of amides is 1. The Hall–Kier alpha value is -3.42. The molecule has 2 aromatic heterocycles. The second-order valence-corrected chi connectivity index (χ2v) is 6.91. The largest absolute Gasteiger partial charge is 0.469 e. The lowest BCUT2D eigenvalue weighted by Crippen LogP contribution is -2.44. The number of nitro benzene ring substituents is 1. The van der Waals surface area contributed by atoms with Crippen LogP contribution in [-0.4, -0.2) is 34.9 Å². The first-order valence-electron chi connectivity index (χ1n) is 9.15. The number of pyridine rings is 1. The number of carbonyl (C=O) groups excluding carboxylic acids is 1. The highest BCUT2D eigenvalue weighted by Crippen LogP contribution is 2.34. The minimum Gasteiger partial charge on any atom is -0.469 e. The second-order valence-electron chi connectivity index (χ2n) is 6.91. The van der Waals surface area contributed by atoms with Crippen LogP contribution >= 0.6 is 0 Å². The van der Waals surface area contributed by atoms with E-state index >= 15 is 0 Å². The zero-order chi connectivity index (χ0) is 19.7. The topological polar surface area (TPSA) is 102 Å². The molecule has 1 saturated heterocycles. The molecule has 0 unspecified atom stereocenters. The van der Waals surface area contributed by atoms with E-state index in [1.807, 2.05) is 6.07 Å². The van der Waals surface area contributed by atoms with Gasteiger partial charge in [0, 0.05) is 48.7 Å². The van der Waals surface area contributed by atoms with Crippen LogP contribution in [0.5, 0.6) is 0 Å². The Morgan fingerprint density at radius 1 is 1.25 bits per heavy atom. The number of anilines is 1. The van der Waals surface area contributed by atoms with Gasteiger partial charge in [-0.1, -0.05) is 0 Å². The van der Waals surface area contributed by atoms with Gasteiger partial charge in [0.2, 0.25) is 0 Å². The van der Waals surface area contributed by atoms with Crippen molar-refractivity contribution in [3.8, 4) is 0 Å². The fraction of sp³-hybridized carbons (Fsp3) is 0.300.